The van der Waals surface area contributed by atoms with Gasteiger partial charge in [0.15, 0.2) is 11.7 Å². The van der Waals surface area contributed by atoms with Crippen LogP contribution < -0.4 is 9.46 Å². The number of hydrogen-bond donors (Lipinski definition) is 1. The lowest BCUT2D eigenvalue weighted by Gasteiger charge is -2.21. The molecule has 2 aromatic heterocycles. The van der Waals surface area contributed by atoms with E-state index in [1.54, 1.807) is 49.7 Å². The number of nitrogens with one attached hydrogen (secondary N) is 1. The lowest BCUT2D eigenvalue weighted by atomic mass is 9.85. The molecule has 2 heterocycles. The van der Waals surface area contributed by atoms with Gasteiger partial charge in [0.25, 0.3) is 10.0 Å². The van der Waals surface area contributed by atoms with Crippen LogP contribution in [0.4, 0.5) is 5.69 Å². The maximum atomic E-state index is 12.6. The van der Waals surface area contributed by atoms with Gasteiger partial charge in [0.05, 0.1) is 18.2 Å². The van der Waals surface area contributed by atoms with Crippen molar-refractivity contribution in [3.8, 4) is 16.4 Å². The summed E-state index contributed by atoms with van der Waals surface area (Å²) in [5.74, 6) is 2.44. The van der Waals surface area contributed by atoms with Crippen molar-refractivity contribution in [1.82, 2.24) is 4.98 Å². The third kappa shape index (κ3) is 3.34. The number of methoxy groups -OCH3 is 1. The minimum absolute atomic E-state index is 0.227. The standard InChI is InChI=1S/C18H18N2O4S2/c1-23-14-7-5-13(6-8-14)20-26(21,22)17-10-9-16(25-17)15-11-19-18(24-15)12-3-2-4-12/h5-12,20H,2-4H2,1H3. The molecule has 1 aliphatic rings. The summed E-state index contributed by atoms with van der Waals surface area (Å²) in [5, 5.41) is 0. The van der Waals surface area contributed by atoms with E-state index in [1.807, 2.05) is 0 Å². The number of hydrogen-bond acceptors (Lipinski definition) is 6. The van der Waals surface area contributed by atoms with Crippen LogP contribution in [0.3, 0.4) is 0 Å². The van der Waals surface area contributed by atoms with E-state index in [4.69, 9.17) is 9.15 Å². The fourth-order valence-corrected chi connectivity index (χ4v) is 5.02. The molecular weight excluding hydrogens is 372 g/mol. The lowest BCUT2D eigenvalue weighted by Crippen LogP contribution is -2.11. The van der Waals surface area contributed by atoms with Gasteiger partial charge < -0.3 is 9.15 Å². The van der Waals surface area contributed by atoms with E-state index >= 15 is 0 Å². The van der Waals surface area contributed by atoms with Crippen LogP contribution in [0.1, 0.15) is 31.1 Å². The number of nitrogens with zero attached hydrogens (tertiary/aromatic N) is 1. The third-order valence-electron chi connectivity index (χ3n) is 4.41. The molecule has 0 amide bonds. The molecule has 0 saturated heterocycles. The van der Waals surface area contributed by atoms with Crippen molar-refractivity contribution >= 4 is 27.0 Å². The van der Waals surface area contributed by atoms with Crippen LogP contribution in [0.15, 0.2) is 51.2 Å². The van der Waals surface area contributed by atoms with E-state index in [9.17, 15) is 8.42 Å². The molecule has 8 heteroatoms. The molecule has 6 nitrogen and oxygen atoms in total. The molecule has 0 radical (unpaired) electrons. The molecular formula is C18H18N2O4S2. The van der Waals surface area contributed by atoms with Crippen molar-refractivity contribution < 1.29 is 17.6 Å². The van der Waals surface area contributed by atoms with Crippen LogP contribution in [0.2, 0.25) is 0 Å². The van der Waals surface area contributed by atoms with Gasteiger partial charge in [0.1, 0.15) is 9.96 Å². The second-order valence-corrected chi connectivity index (χ2v) is 9.14. The Labute approximate surface area is 155 Å². The normalized spacial score (nSPS) is 14.8. The van der Waals surface area contributed by atoms with Crippen LogP contribution in [-0.4, -0.2) is 20.5 Å². The quantitative estimate of drug-likeness (QED) is 0.671. The molecule has 4 rings (SSSR count). The fraction of sp³-hybridized carbons (Fsp3) is 0.278. The number of benzene rings is 1. The summed E-state index contributed by atoms with van der Waals surface area (Å²) in [6, 6.07) is 10.1. The molecule has 26 heavy (non-hydrogen) atoms. The maximum absolute atomic E-state index is 12.6. The third-order valence-corrected chi connectivity index (χ3v) is 7.38. The van der Waals surface area contributed by atoms with Gasteiger partial charge in [-0.25, -0.2) is 13.4 Å². The van der Waals surface area contributed by atoms with Crippen molar-refractivity contribution in [2.75, 3.05) is 11.8 Å². The molecule has 136 valence electrons. The van der Waals surface area contributed by atoms with E-state index in [2.05, 4.69) is 9.71 Å². The average Bonchev–Trinajstić information content (AvgIpc) is 3.23. The first kappa shape index (κ1) is 17.1. The van der Waals surface area contributed by atoms with Gasteiger partial charge in [-0.05, 0) is 49.2 Å². The Bertz CT molecular complexity index is 1000. The highest BCUT2D eigenvalue weighted by Crippen LogP contribution is 2.38. The van der Waals surface area contributed by atoms with Gasteiger partial charge in [0, 0.05) is 11.6 Å². The minimum Gasteiger partial charge on any atom is -0.497 e. The van der Waals surface area contributed by atoms with Crippen LogP contribution in [-0.2, 0) is 10.0 Å². The number of aromatic nitrogens is 1. The topological polar surface area (TPSA) is 81.4 Å². The first-order valence-corrected chi connectivity index (χ1v) is 10.6. The molecule has 0 bridgehead atoms. The van der Waals surface area contributed by atoms with E-state index in [0.29, 0.717) is 23.1 Å². The zero-order valence-electron chi connectivity index (χ0n) is 14.1. The summed E-state index contributed by atoms with van der Waals surface area (Å²) >= 11 is 1.16. The number of rotatable bonds is 6. The largest absolute Gasteiger partial charge is 0.497 e. The Hall–Kier alpha value is -2.32. The van der Waals surface area contributed by atoms with Crippen molar-refractivity contribution in [3.05, 3.63) is 48.5 Å². The van der Waals surface area contributed by atoms with Crippen molar-refractivity contribution in [1.29, 1.82) is 0 Å². The molecule has 1 aliphatic carbocycles. The Kier molecular flexibility index (Phi) is 4.46. The summed E-state index contributed by atoms with van der Waals surface area (Å²) in [7, 11) is -2.10. The monoisotopic (exact) mass is 390 g/mol. The summed E-state index contributed by atoms with van der Waals surface area (Å²) in [6.07, 6.45) is 5.10. The Morgan fingerprint density at radius 1 is 1.19 bits per heavy atom. The van der Waals surface area contributed by atoms with Gasteiger partial charge >= 0.3 is 0 Å². The first-order valence-electron chi connectivity index (χ1n) is 8.28. The number of ether oxygens (including phenoxy) is 1. The second kappa shape index (κ2) is 6.77. The fourth-order valence-electron chi connectivity index (χ4n) is 2.71. The van der Waals surface area contributed by atoms with E-state index in [-0.39, 0.29) is 4.21 Å². The number of sulfonamides is 1. The predicted octanol–water partition coefficient (Wildman–Crippen LogP) is 4.48. The summed E-state index contributed by atoms with van der Waals surface area (Å²) in [5.41, 5.74) is 0.479. The summed E-state index contributed by atoms with van der Waals surface area (Å²) in [4.78, 5) is 5.08. The highest BCUT2D eigenvalue weighted by molar-refractivity contribution is 7.94. The van der Waals surface area contributed by atoms with Gasteiger partial charge in [-0.15, -0.1) is 11.3 Å². The maximum Gasteiger partial charge on any atom is 0.271 e. The molecule has 0 atom stereocenters. The zero-order chi connectivity index (χ0) is 18.1. The van der Waals surface area contributed by atoms with E-state index < -0.39 is 10.0 Å². The van der Waals surface area contributed by atoms with Crippen LogP contribution in [0.25, 0.3) is 10.6 Å². The number of anilines is 1. The minimum atomic E-state index is -3.66. The first-order chi connectivity index (χ1) is 12.5. The number of oxazole rings is 1. The SMILES string of the molecule is COc1ccc(NS(=O)(=O)c2ccc(-c3cnc(C4CCC4)o3)s2)cc1. The Morgan fingerprint density at radius 3 is 2.62 bits per heavy atom. The number of thiophene rings is 1. The predicted molar refractivity (Wildman–Crippen MR) is 100 cm³/mol. The van der Waals surface area contributed by atoms with Gasteiger partial charge in [0.2, 0.25) is 0 Å². The highest BCUT2D eigenvalue weighted by atomic mass is 32.2. The molecule has 0 aliphatic heterocycles. The summed E-state index contributed by atoms with van der Waals surface area (Å²) < 4.78 is 38.9. The van der Waals surface area contributed by atoms with Gasteiger partial charge in [-0.1, -0.05) is 6.42 Å². The van der Waals surface area contributed by atoms with Crippen molar-refractivity contribution in [3.63, 3.8) is 0 Å². The molecule has 1 N–H and O–H groups in total. The summed E-state index contributed by atoms with van der Waals surface area (Å²) in [6.45, 7) is 0. The highest BCUT2D eigenvalue weighted by Gasteiger charge is 2.25. The molecule has 0 spiro atoms. The molecule has 1 fully saturated rings. The lowest BCUT2D eigenvalue weighted by molar-refractivity contribution is 0.338. The average molecular weight is 390 g/mol. The van der Waals surface area contributed by atoms with Gasteiger partial charge in [-0.2, -0.15) is 0 Å². The molecule has 1 aromatic carbocycles. The zero-order valence-corrected chi connectivity index (χ0v) is 15.8. The van der Waals surface area contributed by atoms with Crippen LogP contribution in [0, 0.1) is 0 Å². The van der Waals surface area contributed by atoms with E-state index in [0.717, 1.165) is 34.9 Å². The van der Waals surface area contributed by atoms with Gasteiger partial charge in [-0.3, -0.25) is 4.72 Å². The van der Waals surface area contributed by atoms with Crippen molar-refractivity contribution in [2.24, 2.45) is 0 Å². The molecule has 0 unspecified atom stereocenters. The smallest absolute Gasteiger partial charge is 0.271 e. The van der Waals surface area contributed by atoms with E-state index in [1.165, 1.54) is 6.42 Å². The Balaban J connectivity index is 1.52. The Morgan fingerprint density at radius 2 is 1.96 bits per heavy atom. The van der Waals surface area contributed by atoms with Crippen molar-refractivity contribution in [2.45, 2.75) is 29.4 Å². The molecule has 3 aromatic rings. The van der Waals surface area contributed by atoms with Crippen LogP contribution >= 0.6 is 11.3 Å². The second-order valence-electron chi connectivity index (χ2n) is 6.14. The van der Waals surface area contributed by atoms with Crippen LogP contribution in [0.5, 0.6) is 5.75 Å². The molecule has 1 saturated carbocycles.